The van der Waals surface area contributed by atoms with Gasteiger partial charge in [-0.1, -0.05) is 274 Å². The van der Waals surface area contributed by atoms with Crippen LogP contribution in [0.5, 0.6) is 0 Å². The van der Waals surface area contributed by atoms with Crippen molar-refractivity contribution in [3.05, 3.63) is 48.6 Å². The minimum Gasteiger partial charge on any atom is -0.462 e. The molecule has 1 N–H and O–H groups in total. The summed E-state index contributed by atoms with van der Waals surface area (Å²) in [5.41, 5.74) is 0. The Morgan fingerprint density at radius 2 is 0.683 bits per heavy atom. The Kier molecular flexibility index (Phi) is 52.4. The van der Waals surface area contributed by atoms with E-state index in [4.69, 9.17) is 9.47 Å². The Labute approximate surface area is 392 Å². The average Bonchev–Trinajstić information content (AvgIpc) is 3.29. The van der Waals surface area contributed by atoms with E-state index in [9.17, 15) is 14.7 Å². The highest BCUT2D eigenvalue weighted by Gasteiger charge is 2.16. The lowest BCUT2D eigenvalue weighted by Crippen LogP contribution is -2.28. The van der Waals surface area contributed by atoms with Crippen molar-refractivity contribution in [1.82, 2.24) is 0 Å². The van der Waals surface area contributed by atoms with E-state index in [2.05, 4.69) is 62.5 Å². The molecule has 368 valence electrons. The molecule has 0 aromatic rings. The molecule has 0 saturated heterocycles. The number of carbonyl (C=O) groups excluding carboxylic acids is 2. The lowest BCUT2D eigenvalue weighted by Gasteiger charge is -2.15. The first-order chi connectivity index (χ1) is 31.1. The van der Waals surface area contributed by atoms with Crippen LogP contribution in [0, 0.1) is 0 Å². The Morgan fingerprint density at radius 1 is 0.381 bits per heavy atom. The van der Waals surface area contributed by atoms with Crippen molar-refractivity contribution < 1.29 is 24.2 Å². The van der Waals surface area contributed by atoms with Crippen molar-refractivity contribution in [3.8, 4) is 0 Å². The van der Waals surface area contributed by atoms with Crippen LogP contribution in [0.2, 0.25) is 0 Å². The molecule has 0 aliphatic rings. The summed E-state index contributed by atoms with van der Waals surface area (Å²) in [7, 11) is 0. The van der Waals surface area contributed by atoms with Gasteiger partial charge in [-0.25, -0.2) is 0 Å². The number of unbranched alkanes of at least 4 members (excludes halogenated alkanes) is 35. The van der Waals surface area contributed by atoms with Crippen LogP contribution in [0.3, 0.4) is 0 Å². The second kappa shape index (κ2) is 54.2. The number of esters is 2. The maximum Gasteiger partial charge on any atom is 0.306 e. The molecule has 1 atom stereocenters. The molecule has 1 unspecified atom stereocenters. The molecular formula is C58H106O5. The molecule has 5 heteroatoms. The molecule has 0 rings (SSSR count). The topological polar surface area (TPSA) is 72.8 Å². The van der Waals surface area contributed by atoms with Gasteiger partial charge in [-0.05, 0) is 51.4 Å². The molecule has 0 fully saturated rings. The van der Waals surface area contributed by atoms with Crippen molar-refractivity contribution in [2.45, 2.75) is 296 Å². The minimum absolute atomic E-state index is 0.0630. The fourth-order valence-corrected chi connectivity index (χ4v) is 8.26. The molecule has 0 aromatic heterocycles. The van der Waals surface area contributed by atoms with Gasteiger partial charge in [-0.2, -0.15) is 0 Å². The highest BCUT2D eigenvalue weighted by Crippen LogP contribution is 2.17. The zero-order valence-electron chi connectivity index (χ0n) is 42.1. The van der Waals surface area contributed by atoms with Crippen LogP contribution >= 0.6 is 0 Å². The predicted octanol–water partition coefficient (Wildman–Crippen LogP) is 18.5. The molecular weight excluding hydrogens is 777 g/mol. The fraction of sp³-hybridized carbons (Fsp3) is 0.828. The number of hydrogen-bond acceptors (Lipinski definition) is 5. The number of carbonyl (C=O) groups is 2. The Morgan fingerprint density at radius 3 is 1.03 bits per heavy atom. The third-order valence-electron chi connectivity index (χ3n) is 12.4. The maximum absolute atomic E-state index is 12.3. The molecule has 0 aromatic carbocycles. The van der Waals surface area contributed by atoms with Crippen LogP contribution in [0.25, 0.3) is 0 Å². The third-order valence-corrected chi connectivity index (χ3v) is 12.4. The van der Waals surface area contributed by atoms with Gasteiger partial charge in [0.15, 0.2) is 6.10 Å². The van der Waals surface area contributed by atoms with E-state index in [1.165, 1.54) is 199 Å². The summed E-state index contributed by atoms with van der Waals surface area (Å²) in [4.78, 5) is 24.5. The van der Waals surface area contributed by atoms with E-state index >= 15 is 0 Å². The number of aliphatic hydroxyl groups is 1. The van der Waals surface area contributed by atoms with Gasteiger partial charge >= 0.3 is 11.9 Å². The van der Waals surface area contributed by atoms with Crippen LogP contribution in [0.15, 0.2) is 48.6 Å². The highest BCUT2D eigenvalue weighted by atomic mass is 16.6. The van der Waals surface area contributed by atoms with Gasteiger partial charge < -0.3 is 14.6 Å². The van der Waals surface area contributed by atoms with E-state index in [1.54, 1.807) is 0 Å². The van der Waals surface area contributed by atoms with Gasteiger partial charge in [-0.3, -0.25) is 9.59 Å². The van der Waals surface area contributed by atoms with E-state index in [1.807, 2.05) is 0 Å². The summed E-state index contributed by atoms with van der Waals surface area (Å²) in [6.07, 6.45) is 70.8. The SMILES string of the molecule is CC/C=C\C/C=C\C/C=C\C/C=C\CCCCCCCCCCCCCCC(=O)OC(CO)COC(=O)CCCCCCCCCCCCCCCCCCCCCCCCCC. The van der Waals surface area contributed by atoms with E-state index in [-0.39, 0.29) is 25.2 Å². The first-order valence-corrected chi connectivity index (χ1v) is 27.7. The monoisotopic (exact) mass is 883 g/mol. The van der Waals surface area contributed by atoms with Crippen LogP contribution in [-0.4, -0.2) is 36.4 Å². The van der Waals surface area contributed by atoms with E-state index < -0.39 is 6.10 Å². The van der Waals surface area contributed by atoms with Crippen LogP contribution < -0.4 is 0 Å². The smallest absolute Gasteiger partial charge is 0.306 e. The average molecular weight is 883 g/mol. The van der Waals surface area contributed by atoms with Crippen molar-refractivity contribution in [1.29, 1.82) is 0 Å². The quantitative estimate of drug-likeness (QED) is 0.0374. The third kappa shape index (κ3) is 52.4. The molecule has 63 heavy (non-hydrogen) atoms. The number of ether oxygens (including phenoxy) is 2. The van der Waals surface area contributed by atoms with Crippen molar-refractivity contribution in [2.75, 3.05) is 13.2 Å². The molecule has 0 saturated carbocycles. The summed E-state index contributed by atoms with van der Waals surface area (Å²) >= 11 is 0. The van der Waals surface area contributed by atoms with E-state index in [0.29, 0.717) is 12.8 Å². The summed E-state index contributed by atoms with van der Waals surface area (Å²) < 4.78 is 10.7. The molecule has 0 aliphatic heterocycles. The van der Waals surface area contributed by atoms with Crippen molar-refractivity contribution in [3.63, 3.8) is 0 Å². The first kappa shape index (κ1) is 60.9. The van der Waals surface area contributed by atoms with Crippen LogP contribution in [-0.2, 0) is 19.1 Å². The zero-order chi connectivity index (χ0) is 45.6. The van der Waals surface area contributed by atoms with Gasteiger partial charge in [0.25, 0.3) is 0 Å². The Balaban J connectivity index is 3.45. The Bertz CT molecular complexity index is 1040. The molecule has 0 radical (unpaired) electrons. The number of allylic oxidation sites excluding steroid dienone is 8. The van der Waals surface area contributed by atoms with Gasteiger partial charge in [0.1, 0.15) is 6.61 Å². The number of aliphatic hydroxyl groups excluding tert-OH is 1. The van der Waals surface area contributed by atoms with Gasteiger partial charge in [0.05, 0.1) is 6.61 Å². The minimum atomic E-state index is -0.772. The second-order valence-electron chi connectivity index (χ2n) is 18.6. The van der Waals surface area contributed by atoms with Crippen molar-refractivity contribution in [2.24, 2.45) is 0 Å². The fourth-order valence-electron chi connectivity index (χ4n) is 8.26. The molecule has 0 aliphatic carbocycles. The standard InChI is InChI=1S/C58H106O5/c1-3-5-7-9-11-13-15-17-19-21-23-25-27-29-31-33-35-37-39-41-43-45-47-49-51-53-58(61)63-56(54-59)55-62-57(60)52-50-48-46-44-42-40-38-36-34-32-30-28-26-24-22-20-18-16-14-12-10-8-6-4-2/h5,7,11,13,17,19,23,25,56,59H,3-4,6,8-10,12,14-16,18,20-22,24,26-55H2,1-2H3/b7-5-,13-11-,19-17-,25-23-. The predicted molar refractivity (Wildman–Crippen MR) is 274 cm³/mol. The van der Waals surface area contributed by atoms with Gasteiger partial charge in [0, 0.05) is 12.8 Å². The molecule has 0 bridgehead atoms. The first-order valence-electron chi connectivity index (χ1n) is 27.7. The van der Waals surface area contributed by atoms with E-state index in [0.717, 1.165) is 64.2 Å². The number of hydrogen-bond donors (Lipinski definition) is 1. The highest BCUT2D eigenvalue weighted by molar-refractivity contribution is 5.70. The normalized spacial score (nSPS) is 12.5. The number of rotatable bonds is 51. The van der Waals surface area contributed by atoms with Gasteiger partial charge in [0.2, 0.25) is 0 Å². The molecule has 5 nitrogen and oxygen atoms in total. The van der Waals surface area contributed by atoms with Crippen LogP contribution in [0.1, 0.15) is 290 Å². The second-order valence-corrected chi connectivity index (χ2v) is 18.6. The maximum atomic E-state index is 12.3. The largest absolute Gasteiger partial charge is 0.462 e. The molecule has 0 heterocycles. The summed E-state index contributed by atoms with van der Waals surface area (Å²) in [5.74, 6) is -0.578. The lowest BCUT2D eigenvalue weighted by atomic mass is 10.0. The summed E-state index contributed by atoms with van der Waals surface area (Å²) in [5, 5.41) is 9.65. The molecule has 0 amide bonds. The van der Waals surface area contributed by atoms with Crippen LogP contribution in [0.4, 0.5) is 0 Å². The zero-order valence-corrected chi connectivity index (χ0v) is 42.1. The summed E-state index contributed by atoms with van der Waals surface area (Å²) in [6, 6.07) is 0. The lowest BCUT2D eigenvalue weighted by molar-refractivity contribution is -0.161. The summed E-state index contributed by atoms with van der Waals surface area (Å²) in [6.45, 7) is 4.07. The molecule has 0 spiro atoms. The Hall–Kier alpha value is -2.14. The van der Waals surface area contributed by atoms with Crippen molar-refractivity contribution >= 4 is 11.9 Å². The van der Waals surface area contributed by atoms with Gasteiger partial charge in [-0.15, -0.1) is 0 Å².